The Hall–Kier alpha value is 0.500. The minimum atomic E-state index is 0. The first-order valence-corrected chi connectivity index (χ1v) is 3.62. The zero-order chi connectivity index (χ0) is 7.11. The van der Waals surface area contributed by atoms with Gasteiger partial charge in [-0.05, 0) is 40.0 Å². The van der Waals surface area contributed by atoms with Crippen molar-refractivity contribution in [1.29, 1.82) is 0 Å². The minimum absolute atomic E-state index is 0. The SMILES string of the molecule is CN(C)CCCCCN.Cl.Cl. The van der Waals surface area contributed by atoms with Crippen LogP contribution in [0.25, 0.3) is 0 Å². The van der Waals surface area contributed by atoms with Gasteiger partial charge in [-0.2, -0.15) is 0 Å². The third-order valence-corrected chi connectivity index (χ3v) is 1.31. The van der Waals surface area contributed by atoms with Gasteiger partial charge < -0.3 is 10.6 Å². The molecule has 0 spiro atoms. The Kier molecular flexibility index (Phi) is 20.9. The van der Waals surface area contributed by atoms with E-state index in [1.165, 1.54) is 25.8 Å². The Labute approximate surface area is 82.3 Å². The molecule has 0 bridgehead atoms. The normalized spacial score (nSPS) is 8.73. The first-order chi connectivity index (χ1) is 4.27. The van der Waals surface area contributed by atoms with E-state index in [2.05, 4.69) is 19.0 Å². The third-order valence-electron chi connectivity index (χ3n) is 1.31. The summed E-state index contributed by atoms with van der Waals surface area (Å²) in [6.07, 6.45) is 3.73. The van der Waals surface area contributed by atoms with Crippen LogP contribution in [0.5, 0.6) is 0 Å². The molecule has 0 fully saturated rings. The Morgan fingerprint density at radius 1 is 1.00 bits per heavy atom. The molecule has 11 heavy (non-hydrogen) atoms. The molecule has 4 heteroatoms. The highest BCUT2D eigenvalue weighted by Crippen LogP contribution is 1.93. The molecular formula is C7H20Cl2N2. The van der Waals surface area contributed by atoms with Crippen LogP contribution in [0.15, 0.2) is 0 Å². The maximum atomic E-state index is 5.33. The summed E-state index contributed by atoms with van der Waals surface area (Å²) < 4.78 is 0. The lowest BCUT2D eigenvalue weighted by molar-refractivity contribution is 0.392. The molecule has 2 N–H and O–H groups in total. The quantitative estimate of drug-likeness (QED) is 0.686. The molecule has 72 valence electrons. The zero-order valence-electron chi connectivity index (χ0n) is 7.38. The van der Waals surface area contributed by atoms with Crippen LogP contribution in [0.2, 0.25) is 0 Å². The van der Waals surface area contributed by atoms with E-state index < -0.39 is 0 Å². The van der Waals surface area contributed by atoms with Gasteiger partial charge in [-0.1, -0.05) is 6.42 Å². The lowest BCUT2D eigenvalue weighted by Gasteiger charge is -2.07. The largest absolute Gasteiger partial charge is 0.330 e. The number of nitrogens with two attached hydrogens (primary N) is 1. The summed E-state index contributed by atoms with van der Waals surface area (Å²) in [4.78, 5) is 2.20. The lowest BCUT2D eigenvalue weighted by atomic mass is 10.2. The molecule has 0 aliphatic carbocycles. The van der Waals surface area contributed by atoms with E-state index in [4.69, 9.17) is 5.73 Å². The topological polar surface area (TPSA) is 29.3 Å². The Morgan fingerprint density at radius 3 is 1.91 bits per heavy atom. The summed E-state index contributed by atoms with van der Waals surface area (Å²) in [7, 11) is 4.20. The molecule has 0 atom stereocenters. The van der Waals surface area contributed by atoms with Crippen molar-refractivity contribution in [2.75, 3.05) is 27.2 Å². The van der Waals surface area contributed by atoms with Gasteiger partial charge in [0.1, 0.15) is 0 Å². The number of unbranched alkanes of at least 4 members (excludes halogenated alkanes) is 2. The van der Waals surface area contributed by atoms with Crippen molar-refractivity contribution in [2.45, 2.75) is 19.3 Å². The Bertz CT molecular complexity index is 60.4. The van der Waals surface area contributed by atoms with Crippen molar-refractivity contribution in [3.63, 3.8) is 0 Å². The predicted octanol–water partition coefficient (Wildman–Crippen LogP) is 1.52. The first kappa shape index (κ1) is 17.5. The van der Waals surface area contributed by atoms with Crippen molar-refractivity contribution >= 4 is 24.8 Å². The smallest absolute Gasteiger partial charge is 0.00248 e. The molecule has 0 rings (SSSR count). The van der Waals surface area contributed by atoms with E-state index in [9.17, 15) is 0 Å². The molecule has 2 nitrogen and oxygen atoms in total. The summed E-state index contributed by atoms with van der Waals surface area (Å²) in [6, 6.07) is 0. The van der Waals surface area contributed by atoms with E-state index >= 15 is 0 Å². The monoisotopic (exact) mass is 202 g/mol. The number of nitrogens with zero attached hydrogens (tertiary/aromatic N) is 1. The van der Waals surface area contributed by atoms with Gasteiger partial charge in [0, 0.05) is 0 Å². The van der Waals surface area contributed by atoms with Crippen LogP contribution in [0.3, 0.4) is 0 Å². The van der Waals surface area contributed by atoms with Crippen molar-refractivity contribution in [2.24, 2.45) is 5.73 Å². The van der Waals surface area contributed by atoms with Crippen LogP contribution in [-0.2, 0) is 0 Å². The summed E-state index contributed by atoms with van der Waals surface area (Å²) >= 11 is 0. The van der Waals surface area contributed by atoms with E-state index in [1.54, 1.807) is 0 Å². The van der Waals surface area contributed by atoms with Crippen LogP contribution in [0.1, 0.15) is 19.3 Å². The molecule has 0 aromatic heterocycles. The first-order valence-electron chi connectivity index (χ1n) is 3.62. The highest BCUT2D eigenvalue weighted by molar-refractivity contribution is 5.85. The number of rotatable bonds is 5. The van der Waals surface area contributed by atoms with Gasteiger partial charge >= 0.3 is 0 Å². The van der Waals surface area contributed by atoms with Gasteiger partial charge in [0.2, 0.25) is 0 Å². The van der Waals surface area contributed by atoms with Crippen LogP contribution in [0, 0.1) is 0 Å². The lowest BCUT2D eigenvalue weighted by Crippen LogP contribution is -2.13. The number of halogens is 2. The Morgan fingerprint density at radius 2 is 1.55 bits per heavy atom. The highest BCUT2D eigenvalue weighted by Gasteiger charge is 1.88. The van der Waals surface area contributed by atoms with Crippen molar-refractivity contribution in [3.8, 4) is 0 Å². The van der Waals surface area contributed by atoms with Crippen molar-refractivity contribution in [3.05, 3.63) is 0 Å². The molecule has 0 aliphatic heterocycles. The van der Waals surface area contributed by atoms with Gasteiger partial charge in [0.05, 0.1) is 0 Å². The molecule has 0 radical (unpaired) electrons. The zero-order valence-corrected chi connectivity index (χ0v) is 9.01. The van der Waals surface area contributed by atoms with E-state index in [0.717, 1.165) is 6.54 Å². The molecule has 0 aromatic carbocycles. The summed E-state index contributed by atoms with van der Waals surface area (Å²) in [5.41, 5.74) is 5.33. The second kappa shape index (κ2) is 13.1. The molecule has 0 aromatic rings. The van der Waals surface area contributed by atoms with Gasteiger partial charge in [-0.3, -0.25) is 0 Å². The molecule has 0 saturated heterocycles. The molecule has 0 saturated carbocycles. The van der Waals surface area contributed by atoms with Crippen LogP contribution in [-0.4, -0.2) is 32.1 Å². The predicted molar refractivity (Wildman–Crippen MR) is 56.0 cm³/mol. The maximum Gasteiger partial charge on any atom is -0.00248 e. The number of hydrogen-bond acceptors (Lipinski definition) is 2. The van der Waals surface area contributed by atoms with E-state index in [1.807, 2.05) is 0 Å². The van der Waals surface area contributed by atoms with Gasteiger partial charge in [0.25, 0.3) is 0 Å². The highest BCUT2D eigenvalue weighted by atomic mass is 35.5. The van der Waals surface area contributed by atoms with Crippen LogP contribution >= 0.6 is 24.8 Å². The fraction of sp³-hybridized carbons (Fsp3) is 1.00. The number of hydrogen-bond donors (Lipinski definition) is 1. The summed E-state index contributed by atoms with van der Waals surface area (Å²) in [5, 5.41) is 0. The fourth-order valence-electron chi connectivity index (χ4n) is 0.749. The summed E-state index contributed by atoms with van der Waals surface area (Å²) in [5.74, 6) is 0. The molecular weight excluding hydrogens is 183 g/mol. The van der Waals surface area contributed by atoms with Crippen molar-refractivity contribution in [1.82, 2.24) is 4.90 Å². The van der Waals surface area contributed by atoms with Crippen LogP contribution in [0.4, 0.5) is 0 Å². The second-order valence-electron chi connectivity index (χ2n) is 2.65. The standard InChI is InChI=1S/C7H18N2.2ClH/c1-9(2)7-5-3-4-6-8;;/h3-8H2,1-2H3;2*1H. The van der Waals surface area contributed by atoms with Crippen LogP contribution < -0.4 is 5.73 Å². The fourth-order valence-corrected chi connectivity index (χ4v) is 0.749. The summed E-state index contributed by atoms with van der Waals surface area (Å²) in [6.45, 7) is 2.04. The molecule has 0 aliphatic rings. The molecule has 0 unspecified atom stereocenters. The molecule has 0 amide bonds. The van der Waals surface area contributed by atoms with E-state index in [-0.39, 0.29) is 24.8 Å². The minimum Gasteiger partial charge on any atom is -0.330 e. The molecule has 0 heterocycles. The second-order valence-corrected chi connectivity index (χ2v) is 2.65. The average molecular weight is 203 g/mol. The Balaban J connectivity index is -0.000000320. The van der Waals surface area contributed by atoms with Gasteiger partial charge in [-0.25, -0.2) is 0 Å². The van der Waals surface area contributed by atoms with Gasteiger partial charge in [-0.15, -0.1) is 24.8 Å². The van der Waals surface area contributed by atoms with Gasteiger partial charge in [0.15, 0.2) is 0 Å². The average Bonchev–Trinajstić information content (AvgIpc) is 1.80. The van der Waals surface area contributed by atoms with Crippen molar-refractivity contribution < 1.29 is 0 Å². The third kappa shape index (κ3) is 18.0. The maximum absolute atomic E-state index is 5.33. The van der Waals surface area contributed by atoms with E-state index in [0.29, 0.717) is 0 Å².